The van der Waals surface area contributed by atoms with E-state index in [-0.39, 0.29) is 28.7 Å². The zero-order chi connectivity index (χ0) is 29.8. The molecule has 1 aliphatic heterocycles. The number of amidine groups is 1. The Labute approximate surface area is 254 Å². The van der Waals surface area contributed by atoms with Crippen LogP contribution in [0.15, 0.2) is 98.3 Å². The molecule has 3 aromatic carbocycles. The third-order valence-electron chi connectivity index (χ3n) is 6.65. The number of carbonyl (C=O) groups is 2. The number of benzene rings is 3. The highest BCUT2D eigenvalue weighted by Crippen LogP contribution is 2.34. The molecule has 1 atom stereocenters. The van der Waals surface area contributed by atoms with Crippen molar-refractivity contribution in [2.24, 2.45) is 17.3 Å². The van der Waals surface area contributed by atoms with E-state index >= 15 is 0 Å². The molecule has 10 nitrogen and oxygen atoms in total. The molecule has 1 N–H and O–H groups in total. The van der Waals surface area contributed by atoms with Gasteiger partial charge in [-0.2, -0.15) is 5.10 Å². The minimum atomic E-state index is -0.806. The standard InChI is InChI=1S/C30H27BrN6O4S/c1-19-27(29(40)37(35(19)2)23-7-5-4-6-8-23)36-28(39)25(17-26(38)33-22-13-11-21(31)12-14-22)42-30(36)34-32-18-20-9-15-24(41-3)16-10-20/h4-16,18,25H,17H2,1-3H3,(H,33,38)/b32-18+,34-30-. The van der Waals surface area contributed by atoms with Gasteiger partial charge in [0, 0.05) is 23.6 Å². The second kappa shape index (κ2) is 12.6. The Kier molecular flexibility index (Phi) is 8.74. The number of halogens is 1. The molecule has 4 aromatic rings. The Bertz CT molecular complexity index is 1730. The number of thioether (sulfide) groups is 1. The number of hydrogen-bond donors (Lipinski definition) is 1. The zero-order valence-electron chi connectivity index (χ0n) is 23.0. The SMILES string of the molecule is COc1ccc(/C=N/N=C2\SC(CC(=O)Nc3ccc(Br)cc3)C(=O)N2c2c(C)n(C)n(-c3ccccc3)c2=O)cc1. The molecule has 1 aliphatic rings. The van der Waals surface area contributed by atoms with E-state index < -0.39 is 11.2 Å². The quantitative estimate of drug-likeness (QED) is 0.211. The highest BCUT2D eigenvalue weighted by molar-refractivity contribution is 9.10. The lowest BCUT2D eigenvalue weighted by Crippen LogP contribution is -2.37. The van der Waals surface area contributed by atoms with E-state index in [4.69, 9.17) is 4.74 Å². The molecule has 1 unspecified atom stereocenters. The van der Waals surface area contributed by atoms with Crippen LogP contribution in [0.4, 0.5) is 11.4 Å². The van der Waals surface area contributed by atoms with E-state index in [1.807, 2.05) is 54.6 Å². The summed E-state index contributed by atoms with van der Waals surface area (Å²) in [5.41, 5.74) is 2.37. The molecule has 1 aromatic heterocycles. The van der Waals surface area contributed by atoms with Crippen molar-refractivity contribution >= 4 is 62.3 Å². The van der Waals surface area contributed by atoms with Crippen LogP contribution in [0.5, 0.6) is 5.75 Å². The minimum absolute atomic E-state index is 0.115. The average Bonchev–Trinajstić information content (AvgIpc) is 3.40. The van der Waals surface area contributed by atoms with Crippen molar-refractivity contribution in [3.05, 3.63) is 105 Å². The van der Waals surface area contributed by atoms with Gasteiger partial charge in [0.25, 0.3) is 5.56 Å². The normalized spacial score (nSPS) is 16.0. The topological polar surface area (TPSA) is 110 Å². The van der Waals surface area contributed by atoms with Crippen molar-refractivity contribution in [2.75, 3.05) is 17.3 Å². The summed E-state index contributed by atoms with van der Waals surface area (Å²) in [6.07, 6.45) is 1.43. The van der Waals surface area contributed by atoms with Crippen LogP contribution >= 0.6 is 27.7 Å². The maximum atomic E-state index is 13.8. The summed E-state index contributed by atoms with van der Waals surface area (Å²) in [6.45, 7) is 1.76. The molecule has 0 spiro atoms. The van der Waals surface area contributed by atoms with Crippen LogP contribution in [-0.2, 0) is 16.6 Å². The minimum Gasteiger partial charge on any atom is -0.497 e. The second-order valence-corrected chi connectivity index (χ2v) is 11.4. The Morgan fingerprint density at radius 2 is 1.74 bits per heavy atom. The van der Waals surface area contributed by atoms with Crippen LogP contribution in [0.1, 0.15) is 17.7 Å². The van der Waals surface area contributed by atoms with Crippen molar-refractivity contribution in [3.8, 4) is 11.4 Å². The summed E-state index contributed by atoms with van der Waals surface area (Å²) >= 11 is 4.48. The van der Waals surface area contributed by atoms with Gasteiger partial charge in [-0.3, -0.25) is 19.1 Å². The van der Waals surface area contributed by atoms with Crippen LogP contribution < -0.4 is 20.5 Å². The lowest BCUT2D eigenvalue weighted by Gasteiger charge is -2.14. The first-order valence-electron chi connectivity index (χ1n) is 12.9. The smallest absolute Gasteiger partial charge is 0.296 e. The number of anilines is 2. The lowest BCUT2D eigenvalue weighted by atomic mass is 10.2. The summed E-state index contributed by atoms with van der Waals surface area (Å²) in [4.78, 5) is 41.8. The summed E-state index contributed by atoms with van der Waals surface area (Å²) in [5, 5.41) is 10.8. The molecule has 0 bridgehead atoms. The number of carbonyl (C=O) groups excluding carboxylic acids is 2. The van der Waals surface area contributed by atoms with Crippen LogP contribution in [0.3, 0.4) is 0 Å². The van der Waals surface area contributed by atoms with Gasteiger partial charge >= 0.3 is 0 Å². The van der Waals surface area contributed by atoms with Gasteiger partial charge in [-0.25, -0.2) is 9.58 Å². The fourth-order valence-electron chi connectivity index (χ4n) is 4.43. The Balaban J connectivity index is 1.48. The Hall–Kier alpha value is -4.42. The first-order valence-corrected chi connectivity index (χ1v) is 14.6. The van der Waals surface area contributed by atoms with Gasteiger partial charge in [-0.05, 0) is 73.2 Å². The van der Waals surface area contributed by atoms with Gasteiger partial charge in [0.05, 0.1) is 24.7 Å². The van der Waals surface area contributed by atoms with E-state index in [1.165, 1.54) is 9.58 Å². The van der Waals surface area contributed by atoms with E-state index in [0.29, 0.717) is 22.8 Å². The van der Waals surface area contributed by atoms with Gasteiger partial charge < -0.3 is 10.1 Å². The number of hydrogen-bond acceptors (Lipinski definition) is 7. The Morgan fingerprint density at radius 1 is 1.05 bits per heavy atom. The van der Waals surface area contributed by atoms with Gasteiger partial charge in [0.15, 0.2) is 5.17 Å². The van der Waals surface area contributed by atoms with Crippen molar-refractivity contribution in [1.82, 2.24) is 9.36 Å². The number of ether oxygens (including phenoxy) is 1. The van der Waals surface area contributed by atoms with Crippen molar-refractivity contribution in [3.63, 3.8) is 0 Å². The molecule has 42 heavy (non-hydrogen) atoms. The number of methoxy groups -OCH3 is 1. The molecule has 0 radical (unpaired) electrons. The molecule has 0 saturated carbocycles. The maximum Gasteiger partial charge on any atom is 0.296 e. The number of rotatable bonds is 8. The highest BCUT2D eigenvalue weighted by atomic mass is 79.9. The highest BCUT2D eigenvalue weighted by Gasteiger charge is 2.43. The maximum absolute atomic E-state index is 13.8. The Morgan fingerprint density at radius 3 is 2.40 bits per heavy atom. The van der Waals surface area contributed by atoms with Crippen molar-refractivity contribution in [1.29, 1.82) is 0 Å². The molecule has 12 heteroatoms. The van der Waals surface area contributed by atoms with E-state index in [2.05, 4.69) is 31.4 Å². The predicted octanol–water partition coefficient (Wildman–Crippen LogP) is 5.12. The summed E-state index contributed by atoms with van der Waals surface area (Å²) in [5.74, 6) is -0.0481. The number of amides is 2. The molecule has 1 saturated heterocycles. The molecule has 214 valence electrons. The summed E-state index contributed by atoms with van der Waals surface area (Å²) < 4.78 is 9.26. The molecule has 2 heterocycles. The number of nitrogens with zero attached hydrogens (tertiary/aromatic N) is 5. The molecule has 5 rings (SSSR count). The van der Waals surface area contributed by atoms with Gasteiger partial charge in [0.1, 0.15) is 16.7 Å². The van der Waals surface area contributed by atoms with Crippen LogP contribution in [-0.4, -0.2) is 44.9 Å². The zero-order valence-corrected chi connectivity index (χ0v) is 25.4. The number of aromatic nitrogens is 2. The van der Waals surface area contributed by atoms with Crippen LogP contribution in [0.25, 0.3) is 5.69 Å². The van der Waals surface area contributed by atoms with E-state index in [1.54, 1.807) is 56.2 Å². The predicted molar refractivity (Wildman–Crippen MR) is 170 cm³/mol. The lowest BCUT2D eigenvalue weighted by molar-refractivity contribution is -0.121. The molecular weight excluding hydrogens is 620 g/mol. The van der Waals surface area contributed by atoms with E-state index in [0.717, 1.165) is 21.8 Å². The summed E-state index contributed by atoms with van der Waals surface area (Å²) in [6, 6.07) is 23.6. The number of nitrogens with one attached hydrogen (secondary N) is 1. The monoisotopic (exact) mass is 646 g/mol. The third-order valence-corrected chi connectivity index (χ3v) is 8.30. The van der Waals surface area contributed by atoms with E-state index in [9.17, 15) is 14.4 Å². The molecule has 2 amide bonds. The van der Waals surface area contributed by atoms with Gasteiger partial charge in [-0.15, -0.1) is 5.10 Å². The largest absolute Gasteiger partial charge is 0.497 e. The summed E-state index contributed by atoms with van der Waals surface area (Å²) in [7, 11) is 3.34. The third kappa shape index (κ3) is 6.09. The average molecular weight is 648 g/mol. The van der Waals surface area contributed by atoms with Crippen LogP contribution in [0.2, 0.25) is 0 Å². The number of para-hydroxylation sites is 1. The molecule has 0 aliphatic carbocycles. The second-order valence-electron chi connectivity index (χ2n) is 9.35. The van der Waals surface area contributed by atoms with Crippen LogP contribution in [0, 0.1) is 6.92 Å². The first-order chi connectivity index (χ1) is 20.3. The first kappa shape index (κ1) is 29.1. The van der Waals surface area contributed by atoms with Crippen molar-refractivity contribution < 1.29 is 14.3 Å². The van der Waals surface area contributed by atoms with Gasteiger partial charge in [-0.1, -0.05) is 45.9 Å². The fraction of sp³-hybridized carbons (Fsp3) is 0.167. The fourth-order valence-corrected chi connectivity index (χ4v) is 5.77. The van der Waals surface area contributed by atoms with Gasteiger partial charge in [0.2, 0.25) is 11.8 Å². The molecular formula is C30H27BrN6O4S. The molecule has 1 fully saturated rings. The van der Waals surface area contributed by atoms with Crippen molar-refractivity contribution in [2.45, 2.75) is 18.6 Å².